The highest BCUT2D eigenvalue weighted by molar-refractivity contribution is 5.86. The van der Waals surface area contributed by atoms with E-state index < -0.39 is 0 Å². The van der Waals surface area contributed by atoms with E-state index in [0.717, 1.165) is 41.9 Å². The van der Waals surface area contributed by atoms with E-state index in [1.165, 1.54) is 0 Å². The molecule has 29 heavy (non-hydrogen) atoms. The van der Waals surface area contributed by atoms with Crippen LogP contribution >= 0.6 is 0 Å². The molecule has 2 N–H and O–H groups in total. The number of aryl methyl sites for hydroxylation is 1. The zero-order valence-electron chi connectivity index (χ0n) is 17.3. The smallest absolute Gasteiger partial charge is 0.214 e. The van der Waals surface area contributed by atoms with Crippen molar-refractivity contribution < 1.29 is 19.0 Å². The summed E-state index contributed by atoms with van der Waals surface area (Å²) < 4.78 is 16.2. The van der Waals surface area contributed by atoms with Crippen LogP contribution in [-0.2, 0) is 9.53 Å². The van der Waals surface area contributed by atoms with Crippen LogP contribution in [0, 0.1) is 6.92 Å². The van der Waals surface area contributed by atoms with Crippen molar-refractivity contribution in [2.45, 2.75) is 25.8 Å². The fourth-order valence-corrected chi connectivity index (χ4v) is 3.48. The lowest BCUT2D eigenvalue weighted by Gasteiger charge is -2.32. The van der Waals surface area contributed by atoms with Crippen LogP contribution in [0.15, 0.2) is 24.4 Å². The van der Waals surface area contributed by atoms with Crippen molar-refractivity contribution in [3.05, 3.63) is 30.0 Å². The minimum Gasteiger partial charge on any atom is -0.493 e. The van der Waals surface area contributed by atoms with Gasteiger partial charge in [0, 0.05) is 44.1 Å². The molecule has 1 aliphatic heterocycles. The van der Waals surface area contributed by atoms with Crippen LogP contribution < -0.4 is 25.0 Å². The molecule has 1 fully saturated rings. The van der Waals surface area contributed by atoms with Crippen molar-refractivity contribution in [3.8, 4) is 11.5 Å². The summed E-state index contributed by atoms with van der Waals surface area (Å²) in [6, 6.07) is 5.76. The summed E-state index contributed by atoms with van der Waals surface area (Å²) >= 11 is 0. The Morgan fingerprint density at radius 3 is 2.45 bits per heavy atom. The molecule has 8 heteroatoms. The van der Waals surface area contributed by atoms with Gasteiger partial charge in [0.15, 0.2) is 11.5 Å². The van der Waals surface area contributed by atoms with Gasteiger partial charge >= 0.3 is 0 Å². The molecule has 0 atom stereocenters. The molecule has 2 aromatic rings. The Morgan fingerprint density at radius 2 is 1.83 bits per heavy atom. The normalized spacial score (nSPS) is 14.2. The van der Waals surface area contributed by atoms with E-state index in [4.69, 9.17) is 14.2 Å². The van der Waals surface area contributed by atoms with Gasteiger partial charge in [0.05, 0.1) is 31.8 Å². The third-order valence-electron chi connectivity index (χ3n) is 5.12. The van der Waals surface area contributed by atoms with Gasteiger partial charge in [-0.15, -0.1) is 0 Å². The number of rotatable bonds is 8. The predicted molar refractivity (Wildman–Crippen MR) is 114 cm³/mol. The second-order valence-electron chi connectivity index (χ2n) is 6.84. The first-order valence-corrected chi connectivity index (χ1v) is 9.60. The highest BCUT2D eigenvalue weighted by Gasteiger charge is 2.24. The van der Waals surface area contributed by atoms with Crippen molar-refractivity contribution in [3.63, 3.8) is 0 Å². The van der Waals surface area contributed by atoms with Gasteiger partial charge in [-0.3, -0.25) is 4.79 Å². The van der Waals surface area contributed by atoms with Crippen LogP contribution in [0.1, 0.15) is 18.4 Å². The fourth-order valence-electron chi connectivity index (χ4n) is 3.48. The molecule has 0 bridgehead atoms. The largest absolute Gasteiger partial charge is 0.493 e. The molecule has 0 saturated carbocycles. The van der Waals surface area contributed by atoms with Gasteiger partial charge in [0.25, 0.3) is 0 Å². The molecule has 8 nitrogen and oxygen atoms in total. The fraction of sp³-hybridized carbons (Fsp3) is 0.429. The van der Waals surface area contributed by atoms with Crippen molar-refractivity contribution in [1.82, 2.24) is 4.98 Å². The SMILES string of the molecule is CNc1cnc(Nc2cc(OC)c(OC)cc2C)cc1N(C=O)C1CCOCC1. The number of hydrogen-bond donors (Lipinski definition) is 2. The highest BCUT2D eigenvalue weighted by Crippen LogP contribution is 2.36. The molecule has 0 radical (unpaired) electrons. The molecule has 1 saturated heterocycles. The van der Waals surface area contributed by atoms with Gasteiger partial charge in [-0.2, -0.15) is 0 Å². The summed E-state index contributed by atoms with van der Waals surface area (Å²) in [5.41, 5.74) is 3.41. The zero-order valence-corrected chi connectivity index (χ0v) is 17.3. The minimum absolute atomic E-state index is 0.103. The number of aromatic nitrogens is 1. The molecule has 2 heterocycles. The first-order valence-electron chi connectivity index (χ1n) is 9.60. The second kappa shape index (κ2) is 9.47. The van der Waals surface area contributed by atoms with E-state index in [2.05, 4.69) is 15.6 Å². The average molecular weight is 400 g/mol. The Balaban J connectivity index is 1.93. The third kappa shape index (κ3) is 4.54. The Hall–Kier alpha value is -3.00. The predicted octanol–water partition coefficient (Wildman–Crippen LogP) is 3.33. The molecule has 0 aliphatic carbocycles. The number of pyridine rings is 1. The Kier molecular flexibility index (Phi) is 6.77. The summed E-state index contributed by atoms with van der Waals surface area (Å²) in [4.78, 5) is 18.2. The lowest BCUT2D eigenvalue weighted by molar-refractivity contribution is -0.108. The minimum atomic E-state index is 0.103. The monoisotopic (exact) mass is 400 g/mol. The van der Waals surface area contributed by atoms with Gasteiger partial charge in [-0.05, 0) is 31.4 Å². The number of carbonyl (C=O) groups is 1. The van der Waals surface area contributed by atoms with Crippen LogP contribution in [0.5, 0.6) is 11.5 Å². The third-order valence-corrected chi connectivity index (χ3v) is 5.12. The quantitative estimate of drug-likeness (QED) is 0.658. The van der Waals surface area contributed by atoms with Gasteiger partial charge in [0.2, 0.25) is 6.41 Å². The Bertz CT molecular complexity index is 853. The van der Waals surface area contributed by atoms with Crippen LogP contribution in [0.25, 0.3) is 0 Å². The molecule has 1 aliphatic rings. The topological polar surface area (TPSA) is 85.0 Å². The first kappa shape index (κ1) is 20.7. The number of nitrogens with zero attached hydrogens (tertiary/aromatic N) is 2. The number of amides is 1. The van der Waals surface area contributed by atoms with E-state index >= 15 is 0 Å². The first-order chi connectivity index (χ1) is 14.1. The standard InChI is InChI=1S/C21H28N4O4/c1-14-9-19(27-3)20(28-4)10-16(14)24-21-11-18(17(22-2)12-23-21)25(13-26)15-5-7-29-8-6-15/h9-13,15,22H,5-8H2,1-4H3,(H,23,24). The number of benzene rings is 1. The van der Waals surface area contributed by atoms with Gasteiger partial charge in [0.1, 0.15) is 5.82 Å². The number of nitrogens with one attached hydrogen (secondary N) is 2. The van der Waals surface area contributed by atoms with Crippen LogP contribution in [0.4, 0.5) is 22.9 Å². The van der Waals surface area contributed by atoms with Crippen LogP contribution in [-0.4, -0.2) is 51.9 Å². The summed E-state index contributed by atoms with van der Waals surface area (Å²) in [7, 11) is 5.03. The van der Waals surface area contributed by atoms with Gasteiger partial charge in [-0.1, -0.05) is 0 Å². The van der Waals surface area contributed by atoms with Gasteiger partial charge in [-0.25, -0.2) is 4.98 Å². The second-order valence-corrected chi connectivity index (χ2v) is 6.84. The maximum Gasteiger partial charge on any atom is 0.214 e. The molecule has 1 aromatic heterocycles. The molecular weight excluding hydrogens is 372 g/mol. The number of anilines is 4. The maximum atomic E-state index is 11.9. The summed E-state index contributed by atoms with van der Waals surface area (Å²) in [6.45, 7) is 3.29. The number of carbonyl (C=O) groups excluding carboxylic acids is 1. The highest BCUT2D eigenvalue weighted by atomic mass is 16.5. The Morgan fingerprint density at radius 1 is 1.14 bits per heavy atom. The van der Waals surface area contributed by atoms with E-state index in [1.54, 1.807) is 25.3 Å². The summed E-state index contributed by atoms with van der Waals surface area (Å²) in [5.74, 6) is 1.93. The molecule has 3 rings (SSSR count). The molecule has 156 valence electrons. The van der Waals surface area contributed by atoms with E-state index in [1.807, 2.05) is 32.2 Å². The van der Waals surface area contributed by atoms with E-state index in [-0.39, 0.29) is 6.04 Å². The maximum absolute atomic E-state index is 11.9. The average Bonchev–Trinajstić information content (AvgIpc) is 2.76. The molecule has 1 aromatic carbocycles. The summed E-state index contributed by atoms with van der Waals surface area (Å²) in [6.07, 6.45) is 4.23. The zero-order chi connectivity index (χ0) is 20.8. The summed E-state index contributed by atoms with van der Waals surface area (Å²) in [5, 5.41) is 6.46. The van der Waals surface area contributed by atoms with E-state index in [0.29, 0.717) is 30.5 Å². The lowest BCUT2D eigenvalue weighted by atomic mass is 10.1. The number of ether oxygens (including phenoxy) is 3. The molecular formula is C21H28N4O4. The lowest BCUT2D eigenvalue weighted by Crippen LogP contribution is -2.39. The van der Waals surface area contributed by atoms with Crippen molar-refractivity contribution in [2.75, 3.05) is 50.0 Å². The van der Waals surface area contributed by atoms with Crippen LogP contribution in [0.2, 0.25) is 0 Å². The molecule has 0 unspecified atom stereocenters. The van der Waals surface area contributed by atoms with Crippen molar-refractivity contribution >= 4 is 29.3 Å². The van der Waals surface area contributed by atoms with Gasteiger partial charge < -0.3 is 29.7 Å². The van der Waals surface area contributed by atoms with Crippen LogP contribution in [0.3, 0.4) is 0 Å². The van der Waals surface area contributed by atoms with E-state index in [9.17, 15) is 4.79 Å². The number of methoxy groups -OCH3 is 2. The molecule has 0 spiro atoms. The van der Waals surface area contributed by atoms with Crippen molar-refractivity contribution in [2.24, 2.45) is 0 Å². The number of hydrogen-bond acceptors (Lipinski definition) is 7. The molecule has 1 amide bonds. The Labute approximate surface area is 171 Å². The van der Waals surface area contributed by atoms with Crippen molar-refractivity contribution in [1.29, 1.82) is 0 Å².